The quantitative estimate of drug-likeness (QED) is 0.910. The minimum atomic E-state index is -3.44. The van der Waals surface area contributed by atoms with Crippen molar-refractivity contribution in [2.45, 2.75) is 39.4 Å². The number of rotatable bonds is 4. The monoisotopic (exact) mass is 340 g/mol. The van der Waals surface area contributed by atoms with E-state index >= 15 is 0 Å². The van der Waals surface area contributed by atoms with Gasteiger partial charge in [0.05, 0.1) is 28.7 Å². The summed E-state index contributed by atoms with van der Waals surface area (Å²) in [6, 6.07) is 6.68. The molecule has 7 heteroatoms. The first-order valence-corrected chi connectivity index (χ1v) is 9.35. The normalized spacial score (nSPS) is 21.0. The van der Waals surface area contributed by atoms with Gasteiger partial charge in [0.2, 0.25) is 10.0 Å². The van der Waals surface area contributed by atoms with Crippen LogP contribution in [-0.2, 0) is 14.8 Å². The zero-order valence-corrected chi connectivity index (χ0v) is 14.8. The standard InChI is InChI=1S/C16H24N2O4S/c1-5-23(20,21)17-14-9-7-6-8-13(14)15(19)18-10-12(2)22-16(3,4)11-18/h6-9,12,17H,5,10-11H2,1-4H3/t12-/m0/s1. The van der Waals surface area contributed by atoms with E-state index in [9.17, 15) is 13.2 Å². The van der Waals surface area contributed by atoms with Crippen LogP contribution in [0.4, 0.5) is 5.69 Å². The number of morpholine rings is 1. The van der Waals surface area contributed by atoms with E-state index in [0.717, 1.165) is 0 Å². The number of benzene rings is 1. The molecule has 0 unspecified atom stereocenters. The maximum Gasteiger partial charge on any atom is 0.256 e. The van der Waals surface area contributed by atoms with Gasteiger partial charge in [-0.15, -0.1) is 0 Å². The Morgan fingerprint density at radius 1 is 1.39 bits per heavy atom. The zero-order chi connectivity index (χ0) is 17.3. The van der Waals surface area contributed by atoms with Crippen molar-refractivity contribution in [3.05, 3.63) is 29.8 Å². The van der Waals surface area contributed by atoms with E-state index < -0.39 is 15.6 Å². The SMILES string of the molecule is CCS(=O)(=O)Nc1ccccc1C(=O)N1C[C@H](C)OC(C)(C)C1. The number of anilines is 1. The van der Waals surface area contributed by atoms with Crippen LogP contribution in [-0.4, -0.2) is 49.8 Å². The molecule has 1 atom stereocenters. The van der Waals surface area contributed by atoms with Crippen molar-refractivity contribution in [1.82, 2.24) is 4.90 Å². The molecular weight excluding hydrogens is 316 g/mol. The van der Waals surface area contributed by atoms with Crippen molar-refractivity contribution < 1.29 is 17.9 Å². The summed E-state index contributed by atoms with van der Waals surface area (Å²) >= 11 is 0. The van der Waals surface area contributed by atoms with Gasteiger partial charge in [-0.3, -0.25) is 9.52 Å². The van der Waals surface area contributed by atoms with Gasteiger partial charge >= 0.3 is 0 Å². The van der Waals surface area contributed by atoms with Crippen LogP contribution in [0.25, 0.3) is 0 Å². The number of para-hydroxylation sites is 1. The Labute approximate surface area is 137 Å². The number of nitrogens with one attached hydrogen (secondary N) is 1. The number of carbonyl (C=O) groups is 1. The van der Waals surface area contributed by atoms with Crippen LogP contribution in [0.3, 0.4) is 0 Å². The molecule has 1 heterocycles. The van der Waals surface area contributed by atoms with E-state index in [-0.39, 0.29) is 17.8 Å². The summed E-state index contributed by atoms with van der Waals surface area (Å²) in [5, 5.41) is 0. The summed E-state index contributed by atoms with van der Waals surface area (Å²) in [5.41, 5.74) is 0.247. The van der Waals surface area contributed by atoms with E-state index in [1.807, 2.05) is 20.8 Å². The molecule has 1 amide bonds. The minimum Gasteiger partial charge on any atom is -0.369 e. The van der Waals surface area contributed by atoms with Crippen LogP contribution < -0.4 is 4.72 Å². The van der Waals surface area contributed by atoms with Gasteiger partial charge in [-0.25, -0.2) is 8.42 Å². The molecule has 1 aliphatic heterocycles. The minimum absolute atomic E-state index is 0.0445. The summed E-state index contributed by atoms with van der Waals surface area (Å²) in [5.74, 6) is -0.237. The lowest BCUT2D eigenvalue weighted by atomic mass is 10.0. The Balaban J connectivity index is 2.29. The molecule has 2 rings (SSSR count). The molecule has 0 bridgehead atoms. The van der Waals surface area contributed by atoms with Gasteiger partial charge in [-0.2, -0.15) is 0 Å². The number of hydrogen-bond acceptors (Lipinski definition) is 4. The first kappa shape index (κ1) is 17.7. The molecule has 23 heavy (non-hydrogen) atoms. The lowest BCUT2D eigenvalue weighted by Crippen LogP contribution is -2.53. The summed E-state index contributed by atoms with van der Waals surface area (Å²) in [4.78, 5) is 14.6. The average Bonchev–Trinajstić information content (AvgIpc) is 2.44. The lowest BCUT2D eigenvalue weighted by molar-refractivity contribution is -0.118. The van der Waals surface area contributed by atoms with Gasteiger partial charge in [-0.05, 0) is 39.8 Å². The number of nitrogens with zero attached hydrogens (tertiary/aromatic N) is 1. The van der Waals surface area contributed by atoms with Crippen LogP contribution in [0.2, 0.25) is 0 Å². The Morgan fingerprint density at radius 3 is 2.65 bits per heavy atom. The van der Waals surface area contributed by atoms with Crippen molar-refractivity contribution in [2.24, 2.45) is 0 Å². The third-order valence-corrected chi connectivity index (χ3v) is 4.95. The van der Waals surface area contributed by atoms with E-state index in [1.54, 1.807) is 36.1 Å². The van der Waals surface area contributed by atoms with E-state index in [1.165, 1.54) is 0 Å². The highest BCUT2D eigenvalue weighted by Gasteiger charge is 2.34. The van der Waals surface area contributed by atoms with Gasteiger partial charge in [0.25, 0.3) is 5.91 Å². The van der Waals surface area contributed by atoms with Gasteiger partial charge < -0.3 is 9.64 Å². The molecule has 0 aliphatic carbocycles. The molecule has 128 valence electrons. The fourth-order valence-electron chi connectivity index (χ4n) is 2.78. The number of hydrogen-bond donors (Lipinski definition) is 1. The van der Waals surface area contributed by atoms with Crippen LogP contribution in [0.15, 0.2) is 24.3 Å². The molecule has 1 aliphatic rings. The maximum absolute atomic E-state index is 12.9. The molecule has 0 saturated carbocycles. The van der Waals surface area contributed by atoms with Gasteiger partial charge in [0, 0.05) is 13.1 Å². The second kappa shape index (κ2) is 6.49. The van der Waals surface area contributed by atoms with Crippen molar-refractivity contribution >= 4 is 21.6 Å². The number of carbonyl (C=O) groups excluding carboxylic acids is 1. The van der Waals surface area contributed by atoms with Crippen LogP contribution in [0.1, 0.15) is 38.1 Å². The number of ether oxygens (including phenoxy) is 1. The van der Waals surface area contributed by atoms with Crippen LogP contribution in [0, 0.1) is 0 Å². The maximum atomic E-state index is 12.9. The zero-order valence-electron chi connectivity index (χ0n) is 14.0. The molecule has 1 aromatic carbocycles. The fraction of sp³-hybridized carbons (Fsp3) is 0.562. The molecule has 1 saturated heterocycles. The molecule has 0 spiro atoms. The molecular formula is C16H24N2O4S. The third-order valence-electron chi connectivity index (χ3n) is 3.66. The summed E-state index contributed by atoms with van der Waals surface area (Å²) in [6.07, 6.45) is -0.0674. The first-order chi connectivity index (χ1) is 10.6. The van der Waals surface area contributed by atoms with Crippen LogP contribution >= 0.6 is 0 Å². The van der Waals surface area contributed by atoms with Crippen molar-refractivity contribution in [1.29, 1.82) is 0 Å². The molecule has 6 nitrogen and oxygen atoms in total. The smallest absolute Gasteiger partial charge is 0.256 e. The Morgan fingerprint density at radius 2 is 2.04 bits per heavy atom. The highest BCUT2D eigenvalue weighted by atomic mass is 32.2. The summed E-state index contributed by atoms with van der Waals surface area (Å²) < 4.78 is 31.9. The first-order valence-electron chi connectivity index (χ1n) is 7.70. The summed E-state index contributed by atoms with van der Waals surface area (Å²) in [6.45, 7) is 8.30. The molecule has 1 N–H and O–H groups in total. The molecule has 1 fully saturated rings. The molecule has 0 radical (unpaired) electrons. The third kappa shape index (κ3) is 4.45. The van der Waals surface area contributed by atoms with Gasteiger partial charge in [0.1, 0.15) is 0 Å². The Hall–Kier alpha value is -1.60. The Kier molecular flexibility index (Phi) is 5.01. The van der Waals surface area contributed by atoms with Crippen LogP contribution in [0.5, 0.6) is 0 Å². The summed E-state index contributed by atoms with van der Waals surface area (Å²) in [7, 11) is -3.44. The largest absolute Gasteiger partial charge is 0.369 e. The van der Waals surface area contributed by atoms with Crippen molar-refractivity contribution in [2.75, 3.05) is 23.6 Å². The molecule has 0 aromatic heterocycles. The Bertz CT molecular complexity index is 685. The van der Waals surface area contributed by atoms with E-state index in [2.05, 4.69) is 4.72 Å². The number of sulfonamides is 1. The van der Waals surface area contributed by atoms with Gasteiger partial charge in [-0.1, -0.05) is 12.1 Å². The van der Waals surface area contributed by atoms with E-state index in [0.29, 0.717) is 24.3 Å². The van der Waals surface area contributed by atoms with Crippen molar-refractivity contribution in [3.8, 4) is 0 Å². The lowest BCUT2D eigenvalue weighted by Gasteiger charge is -2.41. The second-order valence-corrected chi connectivity index (χ2v) is 8.44. The van der Waals surface area contributed by atoms with Gasteiger partial charge in [0.15, 0.2) is 0 Å². The average molecular weight is 340 g/mol. The van der Waals surface area contributed by atoms with E-state index in [4.69, 9.17) is 4.74 Å². The molecule has 1 aromatic rings. The predicted molar refractivity (Wildman–Crippen MR) is 90.1 cm³/mol. The van der Waals surface area contributed by atoms with Crippen molar-refractivity contribution in [3.63, 3.8) is 0 Å². The highest BCUT2D eigenvalue weighted by molar-refractivity contribution is 7.92. The fourth-order valence-corrected chi connectivity index (χ4v) is 3.43. The highest BCUT2D eigenvalue weighted by Crippen LogP contribution is 2.25. The second-order valence-electron chi connectivity index (χ2n) is 6.42. The number of amides is 1. The predicted octanol–water partition coefficient (Wildman–Crippen LogP) is 2.09. The topological polar surface area (TPSA) is 75.7 Å².